The van der Waals surface area contributed by atoms with E-state index >= 15 is 0 Å². The van der Waals surface area contributed by atoms with Gasteiger partial charge in [-0.3, -0.25) is 0 Å². The summed E-state index contributed by atoms with van der Waals surface area (Å²) in [5, 5.41) is 0. The van der Waals surface area contributed by atoms with Crippen LogP contribution >= 0.6 is 8.19 Å². The monoisotopic (exact) mass is 307 g/mol. The van der Waals surface area contributed by atoms with Crippen molar-refractivity contribution < 1.29 is 52.1 Å². The van der Waals surface area contributed by atoms with Crippen molar-refractivity contribution in [2.24, 2.45) is 0 Å². The maximum absolute atomic E-state index is 12.1. The SMILES string of the molecule is FC(F)(F)C(F)(F)C(F)(F)C(F)(F)[P+](F)(F)F. The van der Waals surface area contributed by atoms with Crippen molar-refractivity contribution in [3.8, 4) is 0 Å². The van der Waals surface area contributed by atoms with Crippen LogP contribution in [0.5, 0.6) is 0 Å². The first-order valence-electron chi connectivity index (χ1n) is 3.18. The van der Waals surface area contributed by atoms with Crippen LogP contribution in [0.1, 0.15) is 0 Å². The molecule has 0 atom stereocenters. The number of halogens is 12. The predicted molar refractivity (Wildman–Crippen MR) is 31.1 cm³/mol. The molecule has 0 unspecified atom stereocenters. The zero-order chi connectivity index (χ0) is 14.5. The molecule has 0 N–H and O–H groups in total. The van der Waals surface area contributed by atoms with Gasteiger partial charge in [0.1, 0.15) is 0 Å². The van der Waals surface area contributed by atoms with E-state index < -0.39 is 31.9 Å². The lowest BCUT2D eigenvalue weighted by Gasteiger charge is -2.29. The molecule has 0 amide bonds. The third-order valence-electron chi connectivity index (χ3n) is 1.45. The second-order valence-corrected chi connectivity index (χ2v) is 4.09. The molecule has 104 valence electrons. The maximum atomic E-state index is 12.1. The van der Waals surface area contributed by atoms with Crippen LogP contribution in [0.25, 0.3) is 0 Å². The van der Waals surface area contributed by atoms with E-state index in [1.54, 1.807) is 0 Å². The third kappa shape index (κ3) is 2.27. The van der Waals surface area contributed by atoms with E-state index in [0.29, 0.717) is 0 Å². The highest BCUT2D eigenvalue weighted by atomic mass is 31.3. The fourth-order valence-electron chi connectivity index (χ4n) is 0.526. The van der Waals surface area contributed by atoms with Crippen molar-refractivity contribution in [2.45, 2.75) is 23.7 Å². The van der Waals surface area contributed by atoms with E-state index in [1.165, 1.54) is 0 Å². The first-order chi connectivity index (χ1) is 7.00. The molecule has 0 aromatic carbocycles. The van der Waals surface area contributed by atoms with Gasteiger partial charge in [0.25, 0.3) is 0 Å². The molecule has 0 fully saturated rings. The Kier molecular flexibility index (Phi) is 3.70. The van der Waals surface area contributed by atoms with E-state index in [0.717, 1.165) is 0 Å². The molecule has 0 nitrogen and oxygen atoms in total. The summed E-state index contributed by atoms with van der Waals surface area (Å²) in [6.07, 6.45) is -7.24. The summed E-state index contributed by atoms with van der Waals surface area (Å²) in [5.41, 5.74) is -7.42. The second-order valence-electron chi connectivity index (χ2n) is 2.63. The lowest BCUT2D eigenvalue weighted by molar-refractivity contribution is -0.383. The summed E-state index contributed by atoms with van der Waals surface area (Å²) >= 11 is 0. The van der Waals surface area contributed by atoms with Crippen LogP contribution in [0.2, 0.25) is 0 Å². The van der Waals surface area contributed by atoms with Gasteiger partial charge in [-0.05, 0) is 0 Å². The zero-order valence-electron chi connectivity index (χ0n) is 6.98. The number of hydrogen-bond donors (Lipinski definition) is 0. The van der Waals surface area contributed by atoms with E-state index in [1.807, 2.05) is 0 Å². The van der Waals surface area contributed by atoms with Gasteiger partial charge in [-0.15, -0.1) is 0 Å². The minimum atomic E-state index is -8.47. The molecule has 0 aliphatic heterocycles. The summed E-state index contributed by atoms with van der Waals surface area (Å²) in [6, 6.07) is 0. The second kappa shape index (κ2) is 3.79. The predicted octanol–water partition coefficient (Wildman–Crippen LogP) is 5.08. The Morgan fingerprint density at radius 2 is 0.824 bits per heavy atom. The molecule has 0 rings (SSSR count). The van der Waals surface area contributed by atoms with Gasteiger partial charge in [-0.2, -0.15) is 39.5 Å². The first-order valence-corrected chi connectivity index (χ1v) is 4.64. The van der Waals surface area contributed by atoms with Crippen LogP contribution in [-0.4, -0.2) is 23.7 Å². The molecule has 0 saturated heterocycles. The molecule has 0 spiro atoms. The first kappa shape index (κ1) is 16.6. The van der Waals surface area contributed by atoms with E-state index in [2.05, 4.69) is 0 Å². The molecule has 13 heteroatoms. The average molecular weight is 307 g/mol. The number of alkyl halides is 9. The normalized spacial score (nSPS) is 16.2. The van der Waals surface area contributed by atoms with Crippen LogP contribution in [0.4, 0.5) is 52.1 Å². The summed E-state index contributed by atoms with van der Waals surface area (Å²) in [5.74, 6) is -15.1. The largest absolute Gasteiger partial charge is 0.644 e. The van der Waals surface area contributed by atoms with Crippen molar-refractivity contribution in [1.29, 1.82) is 0 Å². The molecular weight excluding hydrogens is 307 g/mol. The summed E-state index contributed by atoms with van der Waals surface area (Å²) < 4.78 is 140. The Hall–Kier alpha value is -0.410. The van der Waals surface area contributed by atoms with Crippen molar-refractivity contribution in [3.05, 3.63) is 0 Å². The molecule has 0 saturated carbocycles. The van der Waals surface area contributed by atoms with Gasteiger partial charge in [-0.25, -0.2) is 0 Å². The van der Waals surface area contributed by atoms with Crippen molar-refractivity contribution in [3.63, 3.8) is 0 Å². The van der Waals surface area contributed by atoms with Crippen LogP contribution in [0, 0.1) is 0 Å². The third-order valence-corrected chi connectivity index (χ3v) is 2.36. The van der Waals surface area contributed by atoms with Crippen molar-refractivity contribution in [2.75, 3.05) is 0 Å². The highest BCUT2D eigenvalue weighted by Crippen LogP contribution is 2.80. The molecule has 0 radical (unpaired) electrons. The minimum Gasteiger partial charge on any atom is -0.189 e. The lowest BCUT2D eigenvalue weighted by Crippen LogP contribution is -2.60. The van der Waals surface area contributed by atoms with Gasteiger partial charge in [0, 0.05) is 12.6 Å². The fraction of sp³-hybridized carbons (Fsp3) is 1.00. The van der Waals surface area contributed by atoms with Gasteiger partial charge >= 0.3 is 31.9 Å². The highest BCUT2D eigenvalue weighted by Gasteiger charge is 2.94. The number of rotatable bonds is 3. The fourth-order valence-corrected chi connectivity index (χ4v) is 0.985. The minimum absolute atomic E-state index is 7.24. The van der Waals surface area contributed by atoms with Gasteiger partial charge in [0.15, 0.2) is 0 Å². The Bertz CT molecular complexity index is 254. The quantitative estimate of drug-likeness (QED) is 0.503. The van der Waals surface area contributed by atoms with Crippen LogP contribution < -0.4 is 0 Å². The average Bonchev–Trinajstić information content (AvgIpc) is 1.98. The smallest absolute Gasteiger partial charge is 0.189 e. The van der Waals surface area contributed by atoms with E-state index in [4.69, 9.17) is 0 Å². The van der Waals surface area contributed by atoms with Crippen LogP contribution in [0.3, 0.4) is 0 Å². The molecule has 17 heavy (non-hydrogen) atoms. The molecule has 0 aliphatic carbocycles. The van der Waals surface area contributed by atoms with Crippen molar-refractivity contribution in [1.82, 2.24) is 0 Å². The Morgan fingerprint density at radius 3 is 1.00 bits per heavy atom. The molecule has 0 aliphatic rings. The molecular formula is C4F12P+. The summed E-state index contributed by atoms with van der Waals surface area (Å²) in [7, 11) is -8.47. The number of hydrogen-bond acceptors (Lipinski definition) is 0. The van der Waals surface area contributed by atoms with Crippen molar-refractivity contribution >= 4 is 8.19 Å². The summed E-state index contributed by atoms with van der Waals surface area (Å²) in [6.45, 7) is 0. The van der Waals surface area contributed by atoms with Gasteiger partial charge in [0.2, 0.25) is 0 Å². The Labute approximate surface area is 85.3 Å². The topological polar surface area (TPSA) is 0 Å². The molecule has 0 heterocycles. The highest BCUT2D eigenvalue weighted by molar-refractivity contribution is 7.61. The van der Waals surface area contributed by atoms with Gasteiger partial charge in [0.05, 0.1) is 0 Å². The Morgan fingerprint density at radius 1 is 0.529 bits per heavy atom. The van der Waals surface area contributed by atoms with E-state index in [9.17, 15) is 52.1 Å². The van der Waals surface area contributed by atoms with Gasteiger partial charge in [-0.1, -0.05) is 0 Å². The van der Waals surface area contributed by atoms with Crippen LogP contribution in [-0.2, 0) is 0 Å². The van der Waals surface area contributed by atoms with Crippen LogP contribution in [0.15, 0.2) is 0 Å². The zero-order valence-corrected chi connectivity index (χ0v) is 7.88. The molecule has 0 aromatic heterocycles. The lowest BCUT2D eigenvalue weighted by atomic mass is 10.1. The van der Waals surface area contributed by atoms with Gasteiger partial charge < -0.3 is 0 Å². The summed E-state index contributed by atoms with van der Waals surface area (Å²) in [4.78, 5) is 0. The molecule has 0 aromatic rings. The Balaban J connectivity index is 5.73. The van der Waals surface area contributed by atoms with E-state index in [-0.39, 0.29) is 0 Å². The molecule has 0 bridgehead atoms. The maximum Gasteiger partial charge on any atom is 0.644 e. The standard InChI is InChI=1S/C4F12P/c5-1(6,3(9,10)11)2(7,8)4(12,13)17(14,15)16/q+1.